The van der Waals surface area contributed by atoms with Crippen molar-refractivity contribution in [3.8, 4) is 0 Å². The van der Waals surface area contributed by atoms with Gasteiger partial charge < -0.3 is 20.4 Å². The Kier molecular flexibility index (Phi) is 5.04. The number of hydrogen-bond donors (Lipinski definition) is 2. The largest absolute Gasteiger partial charge is 0.378 e. The third-order valence-corrected chi connectivity index (χ3v) is 5.85. The Morgan fingerprint density at radius 1 is 1.17 bits per heavy atom. The van der Waals surface area contributed by atoms with Crippen molar-refractivity contribution in [2.24, 2.45) is 0 Å². The maximum absolute atomic E-state index is 13.0. The van der Waals surface area contributed by atoms with Crippen molar-refractivity contribution in [3.05, 3.63) is 58.1 Å². The summed E-state index contributed by atoms with van der Waals surface area (Å²) >= 11 is 3.37. The van der Waals surface area contributed by atoms with E-state index in [0.717, 1.165) is 10.2 Å². The lowest BCUT2D eigenvalue weighted by Gasteiger charge is -2.25. The maximum Gasteiger partial charge on any atom is 0.256 e. The monoisotopic (exact) mass is 456 g/mol. The molecular weight excluding hydrogens is 436 g/mol. The lowest BCUT2D eigenvalue weighted by Crippen LogP contribution is -2.51. The molecule has 0 unspecified atom stereocenters. The van der Waals surface area contributed by atoms with Gasteiger partial charge in [0.1, 0.15) is 6.04 Å². The summed E-state index contributed by atoms with van der Waals surface area (Å²) in [5, 5.41) is 5.78. The molecule has 7 nitrogen and oxygen atoms in total. The minimum absolute atomic E-state index is 0.211. The van der Waals surface area contributed by atoms with Crippen LogP contribution in [0.1, 0.15) is 27.1 Å². The first kappa shape index (κ1) is 19.4. The van der Waals surface area contributed by atoms with Crippen LogP contribution in [0, 0.1) is 0 Å². The van der Waals surface area contributed by atoms with E-state index in [4.69, 9.17) is 0 Å². The van der Waals surface area contributed by atoms with Gasteiger partial charge in [-0.2, -0.15) is 0 Å². The van der Waals surface area contributed by atoms with Crippen LogP contribution in [-0.2, 0) is 4.79 Å². The number of rotatable bonds is 3. The Hall–Kier alpha value is -2.87. The second-order valence-corrected chi connectivity index (χ2v) is 8.35. The molecule has 0 radical (unpaired) electrons. The number of carbonyl (C=O) groups excluding carboxylic acids is 3. The van der Waals surface area contributed by atoms with Crippen molar-refractivity contribution in [2.75, 3.05) is 30.9 Å². The zero-order chi connectivity index (χ0) is 20.7. The Morgan fingerprint density at radius 2 is 1.90 bits per heavy atom. The van der Waals surface area contributed by atoms with Gasteiger partial charge in [-0.1, -0.05) is 15.9 Å². The number of carbonyl (C=O) groups is 3. The highest BCUT2D eigenvalue weighted by Gasteiger charge is 2.45. The number of halogens is 1. The first-order valence-corrected chi connectivity index (χ1v) is 10.1. The number of hydrogen-bond acceptors (Lipinski definition) is 4. The molecule has 1 saturated heterocycles. The van der Waals surface area contributed by atoms with E-state index in [-0.39, 0.29) is 17.7 Å². The molecule has 2 N–H and O–H groups in total. The molecule has 1 fully saturated rings. The van der Waals surface area contributed by atoms with Crippen LogP contribution in [0.15, 0.2) is 46.9 Å². The molecule has 2 aromatic carbocycles. The molecule has 2 heterocycles. The van der Waals surface area contributed by atoms with Gasteiger partial charge in [-0.15, -0.1) is 0 Å². The van der Waals surface area contributed by atoms with E-state index in [2.05, 4.69) is 26.6 Å². The Morgan fingerprint density at radius 3 is 2.59 bits per heavy atom. The summed E-state index contributed by atoms with van der Waals surface area (Å²) in [4.78, 5) is 42.1. The topological polar surface area (TPSA) is 81.8 Å². The van der Waals surface area contributed by atoms with Gasteiger partial charge >= 0.3 is 0 Å². The van der Waals surface area contributed by atoms with Gasteiger partial charge in [0.25, 0.3) is 11.8 Å². The molecule has 29 heavy (non-hydrogen) atoms. The predicted molar refractivity (Wildman–Crippen MR) is 114 cm³/mol. The normalized spacial score (nSPS) is 20.4. The van der Waals surface area contributed by atoms with E-state index in [9.17, 15) is 14.4 Å². The number of amides is 3. The van der Waals surface area contributed by atoms with E-state index in [1.165, 1.54) is 0 Å². The summed E-state index contributed by atoms with van der Waals surface area (Å²) in [6.07, 6.45) is 0.523. The van der Waals surface area contributed by atoms with Crippen LogP contribution in [0.3, 0.4) is 0 Å². The lowest BCUT2D eigenvalue weighted by molar-refractivity contribution is -0.120. The summed E-state index contributed by atoms with van der Waals surface area (Å²) in [7, 11) is 3.86. The number of anilines is 2. The average molecular weight is 457 g/mol. The van der Waals surface area contributed by atoms with Crippen LogP contribution in [0.4, 0.5) is 11.4 Å². The van der Waals surface area contributed by atoms with E-state index in [1.54, 1.807) is 35.2 Å². The van der Waals surface area contributed by atoms with E-state index < -0.39 is 12.1 Å². The smallest absolute Gasteiger partial charge is 0.256 e. The van der Waals surface area contributed by atoms with Crippen LogP contribution in [0.2, 0.25) is 0 Å². The zero-order valence-corrected chi connectivity index (χ0v) is 17.7. The molecule has 2 aliphatic rings. The molecule has 0 saturated carbocycles. The van der Waals surface area contributed by atoms with E-state index in [0.29, 0.717) is 29.8 Å². The van der Waals surface area contributed by atoms with Gasteiger partial charge in [-0.25, -0.2) is 0 Å². The second kappa shape index (κ2) is 7.51. The van der Waals surface area contributed by atoms with Crippen molar-refractivity contribution in [2.45, 2.75) is 18.5 Å². The number of nitrogens with zero attached hydrogens (tertiary/aromatic N) is 2. The molecule has 0 aliphatic carbocycles. The highest BCUT2D eigenvalue weighted by molar-refractivity contribution is 9.10. The maximum atomic E-state index is 13.0. The summed E-state index contributed by atoms with van der Waals surface area (Å²) < 4.78 is 0.766. The van der Waals surface area contributed by atoms with Gasteiger partial charge in [-0.05, 0) is 48.9 Å². The van der Waals surface area contributed by atoms with Crippen LogP contribution in [-0.4, -0.2) is 55.3 Å². The molecule has 2 aliphatic heterocycles. The first-order valence-electron chi connectivity index (χ1n) is 9.35. The van der Waals surface area contributed by atoms with Gasteiger partial charge in [0.05, 0.1) is 17.3 Å². The number of nitrogens with one attached hydrogen (secondary N) is 2. The van der Waals surface area contributed by atoms with Crippen LogP contribution < -0.4 is 15.5 Å². The molecule has 0 bridgehead atoms. The van der Waals surface area contributed by atoms with Crippen LogP contribution >= 0.6 is 15.9 Å². The van der Waals surface area contributed by atoms with Crippen molar-refractivity contribution >= 4 is 45.0 Å². The van der Waals surface area contributed by atoms with E-state index >= 15 is 0 Å². The number of fused-ring (bicyclic) bond motifs is 2. The molecule has 0 aromatic heterocycles. The van der Waals surface area contributed by atoms with E-state index in [1.807, 2.05) is 31.1 Å². The standard InChI is InChI=1S/C21H21BrN4O3/c1-25(2)14-6-3-12(4-7-14)19(27)24-17-9-10-26-18(17)20(28)23-16-8-5-13(22)11-15(16)21(26)29/h3-8,11,17-18H,9-10H2,1-2H3,(H,23,28)(H,24,27)/t17-,18+/m1/s1. The predicted octanol–water partition coefficient (Wildman–Crippen LogP) is 2.48. The fourth-order valence-corrected chi connectivity index (χ4v) is 4.18. The fraction of sp³-hybridized carbons (Fsp3) is 0.286. The molecule has 150 valence electrons. The molecule has 2 aromatic rings. The minimum Gasteiger partial charge on any atom is -0.378 e. The SMILES string of the molecule is CN(C)c1ccc(C(=O)N[C@@H]2CCN3C(=O)c4cc(Br)ccc4NC(=O)[C@H]23)cc1. The Bertz CT molecular complexity index is 990. The van der Waals surface area contributed by atoms with Gasteiger partial charge in [0.15, 0.2) is 0 Å². The molecule has 4 rings (SSSR count). The fourth-order valence-electron chi connectivity index (χ4n) is 3.82. The third kappa shape index (κ3) is 3.60. The van der Waals surface area contributed by atoms with Crippen LogP contribution in [0.5, 0.6) is 0 Å². The van der Waals surface area contributed by atoms with Gasteiger partial charge in [0.2, 0.25) is 5.91 Å². The summed E-state index contributed by atoms with van der Waals surface area (Å²) in [5.41, 5.74) is 2.44. The summed E-state index contributed by atoms with van der Waals surface area (Å²) in [6, 6.07) is 11.2. The molecule has 0 spiro atoms. The van der Waals surface area contributed by atoms with Crippen molar-refractivity contribution in [1.29, 1.82) is 0 Å². The molecule has 2 atom stereocenters. The third-order valence-electron chi connectivity index (χ3n) is 5.36. The lowest BCUT2D eigenvalue weighted by atomic mass is 10.1. The van der Waals surface area contributed by atoms with Gasteiger partial charge in [0, 0.05) is 36.4 Å². The number of benzene rings is 2. The quantitative estimate of drug-likeness (QED) is 0.742. The van der Waals surface area contributed by atoms with Crippen molar-refractivity contribution in [1.82, 2.24) is 10.2 Å². The van der Waals surface area contributed by atoms with Crippen molar-refractivity contribution in [3.63, 3.8) is 0 Å². The molecular formula is C21H21BrN4O3. The second-order valence-electron chi connectivity index (χ2n) is 7.43. The highest BCUT2D eigenvalue weighted by Crippen LogP contribution is 2.31. The van der Waals surface area contributed by atoms with Gasteiger partial charge in [-0.3, -0.25) is 14.4 Å². The zero-order valence-electron chi connectivity index (χ0n) is 16.1. The summed E-state index contributed by atoms with van der Waals surface area (Å²) in [6.45, 7) is 0.410. The average Bonchev–Trinajstić information content (AvgIpc) is 3.08. The Labute approximate surface area is 177 Å². The highest BCUT2D eigenvalue weighted by atomic mass is 79.9. The first-order chi connectivity index (χ1) is 13.8. The molecule has 8 heteroatoms. The Balaban J connectivity index is 1.55. The van der Waals surface area contributed by atoms with Crippen LogP contribution in [0.25, 0.3) is 0 Å². The molecule has 3 amide bonds. The van der Waals surface area contributed by atoms with Crippen molar-refractivity contribution < 1.29 is 14.4 Å². The minimum atomic E-state index is -0.737. The summed E-state index contributed by atoms with van der Waals surface area (Å²) in [5.74, 6) is -0.756.